The fourth-order valence-corrected chi connectivity index (χ4v) is 2.25. The number of hydrogen-bond acceptors (Lipinski definition) is 4. The molecule has 1 aromatic carbocycles. The Morgan fingerprint density at radius 3 is 2.71 bits per heavy atom. The highest BCUT2D eigenvalue weighted by Gasteiger charge is 2.08. The molecule has 0 fully saturated rings. The molecule has 3 rings (SSSR count). The number of rotatable bonds is 6. The first-order chi connectivity index (χ1) is 11.7. The summed E-state index contributed by atoms with van der Waals surface area (Å²) in [4.78, 5) is 16.4. The molecule has 2 N–H and O–H groups in total. The normalized spacial score (nSPS) is 10.4. The third kappa shape index (κ3) is 4.23. The highest BCUT2D eigenvalue weighted by molar-refractivity contribution is 5.93. The van der Waals surface area contributed by atoms with Gasteiger partial charge in [-0.2, -0.15) is 0 Å². The summed E-state index contributed by atoms with van der Waals surface area (Å²) in [5.74, 6) is 0.634. The van der Waals surface area contributed by atoms with Crippen LogP contribution >= 0.6 is 0 Å². The smallest absolute Gasteiger partial charge is 0.270 e. The predicted molar refractivity (Wildman–Crippen MR) is 92.6 cm³/mol. The highest BCUT2D eigenvalue weighted by Crippen LogP contribution is 2.11. The molecule has 0 spiro atoms. The average Bonchev–Trinajstić information content (AvgIpc) is 3.13. The number of nitrogens with zero attached hydrogens (tertiary/aromatic N) is 1. The van der Waals surface area contributed by atoms with Crippen molar-refractivity contribution in [1.82, 2.24) is 10.3 Å². The Bertz CT molecular complexity index is 796. The Labute approximate surface area is 140 Å². The number of benzene rings is 1. The summed E-state index contributed by atoms with van der Waals surface area (Å²) in [6.07, 6.45) is 3.25. The number of pyridine rings is 1. The number of anilines is 1. The van der Waals surface area contributed by atoms with Crippen LogP contribution in [0.1, 0.15) is 27.4 Å². The van der Waals surface area contributed by atoms with Crippen molar-refractivity contribution in [2.24, 2.45) is 0 Å². The zero-order valence-electron chi connectivity index (χ0n) is 13.5. The largest absolute Gasteiger partial charge is 0.467 e. The second-order valence-corrected chi connectivity index (χ2v) is 5.53. The van der Waals surface area contributed by atoms with Gasteiger partial charge in [0, 0.05) is 18.4 Å². The number of carbonyl (C=O) groups excluding carboxylic acids is 1. The lowest BCUT2D eigenvalue weighted by atomic mass is 10.1. The number of carbonyl (C=O) groups is 1. The van der Waals surface area contributed by atoms with Gasteiger partial charge in [0.05, 0.1) is 12.8 Å². The molecule has 5 nitrogen and oxygen atoms in total. The van der Waals surface area contributed by atoms with Crippen LogP contribution in [0.4, 0.5) is 5.69 Å². The summed E-state index contributed by atoms with van der Waals surface area (Å²) in [6, 6.07) is 15.3. The van der Waals surface area contributed by atoms with Crippen molar-refractivity contribution in [2.45, 2.75) is 20.0 Å². The number of amides is 1. The average molecular weight is 321 g/mol. The van der Waals surface area contributed by atoms with Crippen LogP contribution in [0, 0.1) is 6.92 Å². The molecule has 5 heteroatoms. The van der Waals surface area contributed by atoms with Gasteiger partial charge in [0.2, 0.25) is 0 Å². The van der Waals surface area contributed by atoms with E-state index in [4.69, 9.17) is 4.42 Å². The summed E-state index contributed by atoms with van der Waals surface area (Å²) < 4.78 is 5.27. The minimum Gasteiger partial charge on any atom is -0.467 e. The van der Waals surface area contributed by atoms with E-state index in [-0.39, 0.29) is 5.91 Å². The van der Waals surface area contributed by atoms with E-state index in [1.54, 1.807) is 18.5 Å². The number of aryl methyl sites for hydroxylation is 1. The van der Waals surface area contributed by atoms with Gasteiger partial charge < -0.3 is 15.1 Å². The first kappa shape index (κ1) is 15.8. The molecule has 0 aliphatic carbocycles. The Morgan fingerprint density at radius 1 is 1.12 bits per heavy atom. The van der Waals surface area contributed by atoms with E-state index in [1.807, 2.05) is 49.4 Å². The van der Waals surface area contributed by atoms with E-state index in [0.29, 0.717) is 18.8 Å². The zero-order chi connectivity index (χ0) is 16.8. The molecule has 0 saturated heterocycles. The van der Waals surface area contributed by atoms with E-state index in [0.717, 1.165) is 17.0 Å². The van der Waals surface area contributed by atoms with Gasteiger partial charge in [-0.05, 0) is 36.8 Å². The van der Waals surface area contributed by atoms with E-state index in [2.05, 4.69) is 15.6 Å². The van der Waals surface area contributed by atoms with Gasteiger partial charge in [-0.3, -0.25) is 9.78 Å². The van der Waals surface area contributed by atoms with Crippen LogP contribution in [0.2, 0.25) is 0 Å². The van der Waals surface area contributed by atoms with Gasteiger partial charge in [0.15, 0.2) is 0 Å². The lowest BCUT2D eigenvalue weighted by molar-refractivity contribution is 0.0946. The maximum atomic E-state index is 12.3. The maximum absolute atomic E-state index is 12.3. The SMILES string of the molecule is Cc1ccc(CNC(=O)c2cc(NCc3ccco3)ccn2)cc1. The van der Waals surface area contributed by atoms with Gasteiger partial charge in [-0.15, -0.1) is 0 Å². The molecule has 0 bridgehead atoms. The van der Waals surface area contributed by atoms with Crippen LogP contribution in [-0.2, 0) is 13.1 Å². The summed E-state index contributed by atoms with van der Waals surface area (Å²) in [5, 5.41) is 6.09. The number of hydrogen-bond donors (Lipinski definition) is 2. The van der Waals surface area contributed by atoms with Crippen molar-refractivity contribution in [3.63, 3.8) is 0 Å². The Kier molecular flexibility index (Phi) is 4.91. The lowest BCUT2D eigenvalue weighted by Crippen LogP contribution is -2.23. The Hall–Kier alpha value is -3.08. The summed E-state index contributed by atoms with van der Waals surface area (Å²) in [5.41, 5.74) is 3.46. The van der Waals surface area contributed by atoms with Crippen molar-refractivity contribution in [3.05, 3.63) is 83.6 Å². The fraction of sp³-hybridized carbons (Fsp3) is 0.158. The minimum atomic E-state index is -0.197. The summed E-state index contributed by atoms with van der Waals surface area (Å²) >= 11 is 0. The van der Waals surface area contributed by atoms with Crippen molar-refractivity contribution < 1.29 is 9.21 Å². The number of aromatic nitrogens is 1. The molecule has 0 aliphatic heterocycles. The monoisotopic (exact) mass is 321 g/mol. The third-order valence-corrected chi connectivity index (χ3v) is 3.61. The number of nitrogens with one attached hydrogen (secondary N) is 2. The summed E-state index contributed by atoms with van der Waals surface area (Å²) in [6.45, 7) is 3.07. The van der Waals surface area contributed by atoms with Gasteiger partial charge in [0.25, 0.3) is 5.91 Å². The second-order valence-electron chi connectivity index (χ2n) is 5.53. The molecule has 2 aromatic heterocycles. The molecule has 0 radical (unpaired) electrons. The topological polar surface area (TPSA) is 67.2 Å². The molecule has 3 aromatic rings. The van der Waals surface area contributed by atoms with Crippen molar-refractivity contribution >= 4 is 11.6 Å². The van der Waals surface area contributed by atoms with Crippen molar-refractivity contribution in [3.8, 4) is 0 Å². The van der Waals surface area contributed by atoms with Crippen molar-refractivity contribution in [1.29, 1.82) is 0 Å². The first-order valence-electron chi connectivity index (χ1n) is 7.77. The molecular weight excluding hydrogens is 302 g/mol. The highest BCUT2D eigenvalue weighted by atomic mass is 16.3. The Morgan fingerprint density at radius 2 is 1.96 bits per heavy atom. The van der Waals surface area contributed by atoms with Crippen LogP contribution in [0.15, 0.2) is 65.4 Å². The van der Waals surface area contributed by atoms with Crippen LogP contribution in [0.3, 0.4) is 0 Å². The van der Waals surface area contributed by atoms with E-state index in [1.165, 1.54) is 5.56 Å². The third-order valence-electron chi connectivity index (χ3n) is 3.61. The van der Waals surface area contributed by atoms with Gasteiger partial charge in [-0.1, -0.05) is 29.8 Å². The van der Waals surface area contributed by atoms with E-state index < -0.39 is 0 Å². The molecule has 1 amide bonds. The molecule has 24 heavy (non-hydrogen) atoms. The van der Waals surface area contributed by atoms with Crippen LogP contribution < -0.4 is 10.6 Å². The van der Waals surface area contributed by atoms with Crippen LogP contribution in [-0.4, -0.2) is 10.9 Å². The van der Waals surface area contributed by atoms with Gasteiger partial charge >= 0.3 is 0 Å². The van der Waals surface area contributed by atoms with Gasteiger partial charge in [-0.25, -0.2) is 0 Å². The van der Waals surface area contributed by atoms with E-state index in [9.17, 15) is 4.79 Å². The maximum Gasteiger partial charge on any atom is 0.270 e. The van der Waals surface area contributed by atoms with Crippen molar-refractivity contribution in [2.75, 3.05) is 5.32 Å². The predicted octanol–water partition coefficient (Wildman–Crippen LogP) is 3.53. The lowest BCUT2D eigenvalue weighted by Gasteiger charge is -2.08. The van der Waals surface area contributed by atoms with Gasteiger partial charge in [0.1, 0.15) is 11.5 Å². The quantitative estimate of drug-likeness (QED) is 0.729. The van der Waals surface area contributed by atoms with Crippen LogP contribution in [0.5, 0.6) is 0 Å². The molecule has 2 heterocycles. The molecule has 0 unspecified atom stereocenters. The Balaban J connectivity index is 1.58. The minimum absolute atomic E-state index is 0.197. The summed E-state index contributed by atoms with van der Waals surface area (Å²) in [7, 11) is 0. The molecule has 0 atom stereocenters. The molecular formula is C19H19N3O2. The standard InChI is InChI=1S/C19H19N3O2/c1-14-4-6-15(7-5-14)12-22-19(23)18-11-16(8-9-20-18)21-13-17-3-2-10-24-17/h2-11H,12-13H2,1H3,(H,20,21)(H,22,23). The van der Waals surface area contributed by atoms with E-state index >= 15 is 0 Å². The molecule has 0 saturated carbocycles. The van der Waals surface area contributed by atoms with Crippen LogP contribution in [0.25, 0.3) is 0 Å². The fourth-order valence-electron chi connectivity index (χ4n) is 2.25. The molecule has 0 aliphatic rings. The second kappa shape index (κ2) is 7.46. The first-order valence-corrected chi connectivity index (χ1v) is 7.77. The molecule has 122 valence electrons. The number of furan rings is 1. The zero-order valence-corrected chi connectivity index (χ0v) is 13.5.